The Kier molecular flexibility index (Phi) is 4.12. The second-order valence-corrected chi connectivity index (χ2v) is 7.89. The lowest BCUT2D eigenvalue weighted by Crippen LogP contribution is -2.48. The average Bonchev–Trinajstić information content (AvgIpc) is 3.24. The molecule has 2 fully saturated rings. The molecular weight excluding hydrogens is 288 g/mol. The van der Waals surface area contributed by atoms with Crippen molar-refractivity contribution >= 4 is 15.8 Å². The Morgan fingerprint density at radius 2 is 1.86 bits per heavy atom. The molecule has 2 atom stereocenters. The van der Waals surface area contributed by atoms with E-state index in [-0.39, 0.29) is 12.1 Å². The van der Waals surface area contributed by atoms with Gasteiger partial charge in [0.25, 0.3) is 0 Å². The maximum atomic E-state index is 11.5. The summed E-state index contributed by atoms with van der Waals surface area (Å²) in [5, 5.41) is 3.40. The number of aromatic nitrogens is 2. The van der Waals surface area contributed by atoms with E-state index in [2.05, 4.69) is 20.0 Å². The predicted molar refractivity (Wildman–Crippen MR) is 81.7 cm³/mol. The Bertz CT molecular complexity index is 601. The molecule has 2 aliphatic carbocycles. The van der Waals surface area contributed by atoms with Gasteiger partial charge in [0, 0.05) is 24.2 Å². The van der Waals surface area contributed by atoms with Gasteiger partial charge in [0.2, 0.25) is 10.0 Å². The zero-order chi connectivity index (χ0) is 14.9. The number of sulfonamides is 1. The molecule has 0 unspecified atom stereocenters. The SMILES string of the molecule is CS(=O)(=O)N[C@H]1CCCC[C@H]1Nc1ccnc(C2CC2)n1. The second kappa shape index (κ2) is 5.88. The molecule has 2 N–H and O–H groups in total. The molecule has 1 heterocycles. The maximum Gasteiger partial charge on any atom is 0.209 e. The quantitative estimate of drug-likeness (QED) is 0.863. The van der Waals surface area contributed by atoms with Crippen molar-refractivity contribution < 1.29 is 8.42 Å². The topological polar surface area (TPSA) is 84.0 Å². The largest absolute Gasteiger partial charge is 0.366 e. The van der Waals surface area contributed by atoms with E-state index in [1.807, 2.05) is 6.07 Å². The van der Waals surface area contributed by atoms with Gasteiger partial charge < -0.3 is 5.32 Å². The van der Waals surface area contributed by atoms with Gasteiger partial charge in [-0.1, -0.05) is 12.8 Å². The van der Waals surface area contributed by atoms with Crippen molar-refractivity contribution in [1.82, 2.24) is 14.7 Å². The molecule has 21 heavy (non-hydrogen) atoms. The fraction of sp³-hybridized carbons (Fsp3) is 0.714. The zero-order valence-electron chi connectivity index (χ0n) is 12.2. The monoisotopic (exact) mass is 310 g/mol. The average molecular weight is 310 g/mol. The summed E-state index contributed by atoms with van der Waals surface area (Å²) in [6.45, 7) is 0. The van der Waals surface area contributed by atoms with Crippen LogP contribution in [0, 0.1) is 0 Å². The molecule has 6 nitrogen and oxygen atoms in total. The summed E-state index contributed by atoms with van der Waals surface area (Å²) >= 11 is 0. The first kappa shape index (κ1) is 14.7. The molecule has 2 saturated carbocycles. The summed E-state index contributed by atoms with van der Waals surface area (Å²) in [6, 6.07) is 1.89. The molecule has 3 rings (SSSR count). The van der Waals surface area contributed by atoms with Gasteiger partial charge in [-0.25, -0.2) is 23.1 Å². The van der Waals surface area contributed by atoms with Gasteiger partial charge in [-0.05, 0) is 31.7 Å². The molecule has 7 heteroatoms. The van der Waals surface area contributed by atoms with Crippen LogP contribution >= 0.6 is 0 Å². The van der Waals surface area contributed by atoms with E-state index in [0.717, 1.165) is 37.3 Å². The molecule has 0 bridgehead atoms. The van der Waals surface area contributed by atoms with Crippen LogP contribution in [0.5, 0.6) is 0 Å². The van der Waals surface area contributed by atoms with Crippen molar-refractivity contribution in [3.63, 3.8) is 0 Å². The number of hydrogen-bond acceptors (Lipinski definition) is 5. The summed E-state index contributed by atoms with van der Waals surface area (Å²) in [5.74, 6) is 2.23. The highest BCUT2D eigenvalue weighted by Gasteiger charge is 2.29. The van der Waals surface area contributed by atoms with Crippen LogP contribution in [0.4, 0.5) is 5.82 Å². The lowest BCUT2D eigenvalue weighted by Gasteiger charge is -2.32. The van der Waals surface area contributed by atoms with Crippen LogP contribution in [-0.4, -0.2) is 36.7 Å². The molecular formula is C14H22N4O2S. The first-order valence-electron chi connectivity index (χ1n) is 7.58. The Morgan fingerprint density at radius 1 is 1.14 bits per heavy atom. The predicted octanol–water partition coefficient (Wildman–Crippen LogP) is 1.63. The molecule has 0 saturated heterocycles. The van der Waals surface area contributed by atoms with Crippen LogP contribution < -0.4 is 10.0 Å². The van der Waals surface area contributed by atoms with Gasteiger partial charge in [-0.3, -0.25) is 0 Å². The Balaban J connectivity index is 1.70. The van der Waals surface area contributed by atoms with Crippen molar-refractivity contribution in [2.45, 2.75) is 56.5 Å². The Hall–Kier alpha value is -1.21. The van der Waals surface area contributed by atoms with E-state index in [1.54, 1.807) is 6.20 Å². The highest BCUT2D eigenvalue weighted by atomic mass is 32.2. The summed E-state index contributed by atoms with van der Waals surface area (Å²) in [7, 11) is -3.18. The van der Waals surface area contributed by atoms with Crippen LogP contribution in [0.25, 0.3) is 0 Å². The standard InChI is InChI=1S/C14H22N4O2S/c1-21(19,20)18-12-5-3-2-4-11(12)16-13-8-9-15-14(17-13)10-6-7-10/h8-12,18H,2-7H2,1H3,(H,15,16,17)/t11-,12+/m1/s1. The third kappa shape index (κ3) is 4.14. The van der Waals surface area contributed by atoms with E-state index in [0.29, 0.717) is 5.92 Å². The summed E-state index contributed by atoms with van der Waals surface area (Å²) in [5.41, 5.74) is 0. The van der Waals surface area contributed by atoms with E-state index in [4.69, 9.17) is 0 Å². The highest BCUT2D eigenvalue weighted by molar-refractivity contribution is 7.88. The lowest BCUT2D eigenvalue weighted by molar-refractivity contribution is 0.378. The highest BCUT2D eigenvalue weighted by Crippen LogP contribution is 2.38. The van der Waals surface area contributed by atoms with Gasteiger partial charge >= 0.3 is 0 Å². The minimum absolute atomic E-state index is 0.0620. The van der Waals surface area contributed by atoms with Crippen LogP contribution in [0.15, 0.2) is 12.3 Å². The van der Waals surface area contributed by atoms with Crippen molar-refractivity contribution in [1.29, 1.82) is 0 Å². The fourth-order valence-electron chi connectivity index (χ4n) is 2.90. The number of anilines is 1. The number of nitrogens with zero attached hydrogens (tertiary/aromatic N) is 2. The third-order valence-corrected chi connectivity index (χ3v) is 4.81. The van der Waals surface area contributed by atoms with Crippen LogP contribution in [-0.2, 0) is 10.0 Å². The molecule has 0 aliphatic heterocycles. The maximum absolute atomic E-state index is 11.5. The minimum Gasteiger partial charge on any atom is -0.366 e. The van der Waals surface area contributed by atoms with Crippen LogP contribution in [0.1, 0.15) is 50.3 Å². The molecule has 1 aromatic rings. The van der Waals surface area contributed by atoms with Crippen LogP contribution in [0.2, 0.25) is 0 Å². The van der Waals surface area contributed by atoms with Crippen molar-refractivity contribution in [3.8, 4) is 0 Å². The van der Waals surface area contributed by atoms with Crippen molar-refractivity contribution in [2.24, 2.45) is 0 Å². The molecule has 0 radical (unpaired) electrons. The van der Waals surface area contributed by atoms with E-state index in [1.165, 1.54) is 19.1 Å². The lowest BCUT2D eigenvalue weighted by atomic mass is 9.91. The summed E-state index contributed by atoms with van der Waals surface area (Å²) in [6.07, 6.45) is 9.33. The third-order valence-electron chi connectivity index (χ3n) is 4.08. The number of rotatable bonds is 5. The van der Waals surface area contributed by atoms with Crippen molar-refractivity contribution in [2.75, 3.05) is 11.6 Å². The first-order chi connectivity index (χ1) is 10.0. The molecule has 116 valence electrons. The number of hydrogen-bond donors (Lipinski definition) is 2. The van der Waals surface area contributed by atoms with Gasteiger partial charge in [0.15, 0.2) is 0 Å². The van der Waals surface area contributed by atoms with Gasteiger partial charge in [0.1, 0.15) is 11.6 Å². The van der Waals surface area contributed by atoms with Crippen LogP contribution in [0.3, 0.4) is 0 Å². The van der Waals surface area contributed by atoms with Gasteiger partial charge in [-0.2, -0.15) is 0 Å². The van der Waals surface area contributed by atoms with E-state index >= 15 is 0 Å². The molecule has 2 aliphatic rings. The molecule has 0 spiro atoms. The second-order valence-electron chi connectivity index (χ2n) is 6.11. The Morgan fingerprint density at radius 3 is 2.52 bits per heavy atom. The molecule has 0 amide bonds. The minimum atomic E-state index is -3.18. The van der Waals surface area contributed by atoms with Gasteiger partial charge in [-0.15, -0.1) is 0 Å². The summed E-state index contributed by atoms with van der Waals surface area (Å²) in [4.78, 5) is 8.87. The van der Waals surface area contributed by atoms with Gasteiger partial charge in [0.05, 0.1) is 6.26 Å². The van der Waals surface area contributed by atoms with Crippen molar-refractivity contribution in [3.05, 3.63) is 18.1 Å². The number of nitrogens with one attached hydrogen (secondary N) is 2. The van der Waals surface area contributed by atoms with E-state index in [9.17, 15) is 8.42 Å². The van der Waals surface area contributed by atoms with E-state index < -0.39 is 10.0 Å². The molecule has 1 aromatic heterocycles. The smallest absolute Gasteiger partial charge is 0.209 e. The first-order valence-corrected chi connectivity index (χ1v) is 9.47. The molecule has 0 aromatic carbocycles. The normalized spacial score (nSPS) is 26.5. The summed E-state index contributed by atoms with van der Waals surface area (Å²) < 4.78 is 25.7. The fourth-order valence-corrected chi connectivity index (χ4v) is 3.73. The zero-order valence-corrected chi connectivity index (χ0v) is 13.1. The Labute approximate surface area is 125 Å².